The second kappa shape index (κ2) is 6.89. The summed E-state index contributed by atoms with van der Waals surface area (Å²) >= 11 is 5.73. The number of carbonyl (C=O) groups is 1. The van der Waals surface area contributed by atoms with Crippen LogP contribution in [0.15, 0.2) is 41.5 Å². The van der Waals surface area contributed by atoms with E-state index in [1.807, 2.05) is 0 Å². The van der Waals surface area contributed by atoms with Crippen molar-refractivity contribution >= 4 is 29.4 Å². The fraction of sp³-hybridized carbons (Fsp3) is 0.0667. The molecule has 0 aliphatic carbocycles. The molecule has 23 heavy (non-hydrogen) atoms. The summed E-state index contributed by atoms with van der Waals surface area (Å²) in [7, 11) is 0. The van der Waals surface area contributed by atoms with E-state index in [0.29, 0.717) is 16.1 Å². The molecule has 2 N–H and O–H groups in total. The van der Waals surface area contributed by atoms with Gasteiger partial charge in [-0.15, -0.1) is 0 Å². The van der Waals surface area contributed by atoms with Gasteiger partial charge in [0.1, 0.15) is 5.75 Å². The Kier molecular flexibility index (Phi) is 4.92. The molecule has 0 aliphatic rings. The zero-order valence-corrected chi connectivity index (χ0v) is 12.7. The van der Waals surface area contributed by atoms with Crippen LogP contribution in [0, 0.1) is 17.0 Å². The van der Waals surface area contributed by atoms with E-state index >= 15 is 0 Å². The first kappa shape index (κ1) is 16.4. The minimum absolute atomic E-state index is 0.133. The predicted molar refractivity (Wildman–Crippen MR) is 86.0 cm³/mol. The standard InChI is InChI=1S/C15H12ClN3O4/c1-9-6-13(19(22)23)7-11(14(9)20)8-17-18-15(21)10-2-4-12(16)5-3-10/h2-8,20H,1H3,(H,18,21)/b17-8+. The Morgan fingerprint density at radius 3 is 2.61 bits per heavy atom. The summed E-state index contributed by atoms with van der Waals surface area (Å²) in [6.07, 6.45) is 1.14. The number of halogens is 1. The van der Waals surface area contributed by atoms with Crippen LogP contribution in [-0.4, -0.2) is 22.2 Å². The van der Waals surface area contributed by atoms with Crippen LogP contribution in [0.2, 0.25) is 5.02 Å². The number of carbonyl (C=O) groups excluding carboxylic acids is 1. The second-order valence-electron chi connectivity index (χ2n) is 4.66. The van der Waals surface area contributed by atoms with E-state index in [9.17, 15) is 20.0 Å². The van der Waals surface area contributed by atoms with Crippen molar-refractivity contribution < 1.29 is 14.8 Å². The molecule has 0 atom stereocenters. The molecule has 1 amide bonds. The van der Waals surface area contributed by atoms with Crippen molar-refractivity contribution in [2.45, 2.75) is 6.92 Å². The van der Waals surface area contributed by atoms with Gasteiger partial charge in [-0.25, -0.2) is 5.43 Å². The number of nitrogens with zero attached hydrogens (tertiary/aromatic N) is 2. The Hall–Kier alpha value is -2.93. The highest BCUT2D eigenvalue weighted by Gasteiger charge is 2.12. The lowest BCUT2D eigenvalue weighted by atomic mass is 10.1. The van der Waals surface area contributed by atoms with Gasteiger partial charge in [0.15, 0.2) is 0 Å². The van der Waals surface area contributed by atoms with Crippen LogP contribution in [0.1, 0.15) is 21.5 Å². The molecule has 8 heteroatoms. The minimum Gasteiger partial charge on any atom is -0.507 e. The van der Waals surface area contributed by atoms with Crippen LogP contribution in [0.5, 0.6) is 5.75 Å². The molecule has 0 fully saturated rings. The highest BCUT2D eigenvalue weighted by molar-refractivity contribution is 6.30. The van der Waals surface area contributed by atoms with Crippen molar-refractivity contribution in [2.24, 2.45) is 5.10 Å². The Morgan fingerprint density at radius 1 is 1.35 bits per heavy atom. The molecule has 2 aromatic rings. The molecule has 0 bridgehead atoms. The summed E-state index contributed by atoms with van der Waals surface area (Å²) in [4.78, 5) is 22.1. The Balaban J connectivity index is 2.15. The minimum atomic E-state index is -0.573. The smallest absolute Gasteiger partial charge is 0.271 e. The van der Waals surface area contributed by atoms with E-state index in [1.54, 1.807) is 12.1 Å². The Bertz CT molecular complexity index is 788. The predicted octanol–water partition coefficient (Wildman–Crippen LogP) is 3.03. The number of hydrogen-bond donors (Lipinski definition) is 2. The third-order valence-corrected chi connectivity index (χ3v) is 3.25. The third kappa shape index (κ3) is 4.04. The lowest BCUT2D eigenvalue weighted by molar-refractivity contribution is -0.384. The average Bonchev–Trinajstić information content (AvgIpc) is 2.51. The molecule has 0 spiro atoms. The van der Waals surface area contributed by atoms with Gasteiger partial charge < -0.3 is 5.11 Å². The first-order chi connectivity index (χ1) is 10.9. The number of aryl methyl sites for hydroxylation is 1. The van der Waals surface area contributed by atoms with Crippen molar-refractivity contribution in [3.05, 3.63) is 68.2 Å². The van der Waals surface area contributed by atoms with Crippen LogP contribution in [0.4, 0.5) is 5.69 Å². The summed E-state index contributed by atoms with van der Waals surface area (Å²) in [5.74, 6) is -0.611. The molecule has 0 unspecified atom stereocenters. The van der Waals surface area contributed by atoms with Crippen LogP contribution < -0.4 is 5.43 Å². The van der Waals surface area contributed by atoms with E-state index in [0.717, 1.165) is 6.21 Å². The van der Waals surface area contributed by atoms with Crippen LogP contribution in [0.3, 0.4) is 0 Å². The van der Waals surface area contributed by atoms with Gasteiger partial charge in [0, 0.05) is 28.3 Å². The normalized spacial score (nSPS) is 10.7. The van der Waals surface area contributed by atoms with Gasteiger partial charge in [0.2, 0.25) is 0 Å². The van der Waals surface area contributed by atoms with Crippen molar-refractivity contribution in [3.8, 4) is 5.75 Å². The first-order valence-corrected chi connectivity index (χ1v) is 6.83. The number of non-ortho nitro benzene ring substituents is 1. The van der Waals surface area contributed by atoms with E-state index in [2.05, 4.69) is 10.5 Å². The maximum absolute atomic E-state index is 11.8. The van der Waals surface area contributed by atoms with E-state index in [4.69, 9.17) is 11.6 Å². The molecule has 2 rings (SSSR count). The molecule has 118 valence electrons. The molecule has 0 aromatic heterocycles. The van der Waals surface area contributed by atoms with Gasteiger partial charge >= 0.3 is 0 Å². The SMILES string of the molecule is Cc1cc([N+](=O)[O-])cc(/C=N/NC(=O)c2ccc(Cl)cc2)c1O. The van der Waals surface area contributed by atoms with Gasteiger partial charge in [-0.05, 0) is 36.8 Å². The number of amides is 1. The molecule has 0 saturated carbocycles. The van der Waals surface area contributed by atoms with Gasteiger partial charge in [-0.1, -0.05) is 11.6 Å². The van der Waals surface area contributed by atoms with Crippen molar-refractivity contribution in [1.29, 1.82) is 0 Å². The van der Waals surface area contributed by atoms with E-state index in [-0.39, 0.29) is 17.0 Å². The van der Waals surface area contributed by atoms with Gasteiger partial charge in [-0.2, -0.15) is 5.10 Å². The zero-order valence-electron chi connectivity index (χ0n) is 12.0. The third-order valence-electron chi connectivity index (χ3n) is 3.00. The number of nitrogens with one attached hydrogen (secondary N) is 1. The number of rotatable bonds is 4. The second-order valence-corrected chi connectivity index (χ2v) is 5.10. The Morgan fingerprint density at radius 2 is 2.00 bits per heavy atom. The number of nitro groups is 1. The Labute approximate surface area is 136 Å². The molecular formula is C15H12ClN3O4. The molecular weight excluding hydrogens is 322 g/mol. The lowest BCUT2D eigenvalue weighted by Crippen LogP contribution is -2.17. The quantitative estimate of drug-likeness (QED) is 0.509. The number of benzene rings is 2. The summed E-state index contributed by atoms with van der Waals surface area (Å²) < 4.78 is 0. The molecule has 7 nitrogen and oxygen atoms in total. The molecule has 2 aromatic carbocycles. The summed E-state index contributed by atoms with van der Waals surface area (Å²) in [5, 5.41) is 24.9. The number of aromatic hydroxyl groups is 1. The number of phenols is 1. The van der Waals surface area contributed by atoms with Gasteiger partial charge in [0.05, 0.1) is 11.1 Å². The van der Waals surface area contributed by atoms with Crippen molar-refractivity contribution in [1.82, 2.24) is 5.43 Å². The maximum Gasteiger partial charge on any atom is 0.271 e. The number of hydrazone groups is 1. The fourth-order valence-electron chi connectivity index (χ4n) is 1.82. The van der Waals surface area contributed by atoms with Crippen LogP contribution >= 0.6 is 11.6 Å². The largest absolute Gasteiger partial charge is 0.507 e. The summed E-state index contributed by atoms with van der Waals surface area (Å²) in [5.41, 5.74) is 2.92. The van der Waals surface area contributed by atoms with Crippen LogP contribution in [-0.2, 0) is 0 Å². The summed E-state index contributed by atoms with van der Waals surface area (Å²) in [6, 6.07) is 8.61. The van der Waals surface area contributed by atoms with E-state index in [1.165, 1.54) is 31.2 Å². The molecule has 0 heterocycles. The highest BCUT2D eigenvalue weighted by Crippen LogP contribution is 2.26. The number of nitro benzene ring substituents is 1. The topological polar surface area (TPSA) is 105 Å². The number of phenolic OH excluding ortho intramolecular Hbond substituents is 1. The zero-order chi connectivity index (χ0) is 17.0. The number of hydrogen-bond acceptors (Lipinski definition) is 5. The van der Waals surface area contributed by atoms with E-state index < -0.39 is 10.8 Å². The maximum atomic E-state index is 11.8. The monoisotopic (exact) mass is 333 g/mol. The van der Waals surface area contributed by atoms with Gasteiger partial charge in [0.25, 0.3) is 11.6 Å². The van der Waals surface area contributed by atoms with Crippen LogP contribution in [0.25, 0.3) is 0 Å². The fourth-order valence-corrected chi connectivity index (χ4v) is 1.94. The first-order valence-electron chi connectivity index (χ1n) is 6.45. The molecule has 0 radical (unpaired) electrons. The average molecular weight is 334 g/mol. The van der Waals surface area contributed by atoms with Crippen molar-refractivity contribution in [3.63, 3.8) is 0 Å². The molecule has 0 saturated heterocycles. The van der Waals surface area contributed by atoms with Crippen molar-refractivity contribution in [2.75, 3.05) is 0 Å². The lowest BCUT2D eigenvalue weighted by Gasteiger charge is -2.03. The summed E-state index contributed by atoms with van der Waals surface area (Å²) in [6.45, 7) is 1.53. The van der Waals surface area contributed by atoms with Gasteiger partial charge in [-0.3, -0.25) is 14.9 Å². The molecule has 0 aliphatic heterocycles. The highest BCUT2D eigenvalue weighted by atomic mass is 35.5.